The van der Waals surface area contributed by atoms with Gasteiger partial charge in [-0.25, -0.2) is 9.97 Å². The summed E-state index contributed by atoms with van der Waals surface area (Å²) in [6, 6.07) is 11.4. The number of hydrogen-bond acceptors (Lipinski definition) is 11. The Morgan fingerprint density at radius 1 is 0.889 bits per heavy atom. The summed E-state index contributed by atoms with van der Waals surface area (Å²) in [5.74, 6) is 1.41. The van der Waals surface area contributed by atoms with Gasteiger partial charge in [-0.2, -0.15) is 0 Å². The van der Waals surface area contributed by atoms with Gasteiger partial charge in [0, 0.05) is 66.6 Å². The maximum atomic E-state index is 11.5. The first-order chi connectivity index (χ1) is 21.9. The number of aromatic nitrogens is 4. The van der Waals surface area contributed by atoms with Crippen LogP contribution in [0.3, 0.4) is 0 Å². The van der Waals surface area contributed by atoms with Crippen LogP contribution in [0.25, 0.3) is 33.6 Å². The molecule has 0 aliphatic carbocycles. The minimum absolute atomic E-state index is 0.0810. The first kappa shape index (κ1) is 32.9. The van der Waals surface area contributed by atoms with Crippen molar-refractivity contribution in [3.8, 4) is 45.4 Å². The zero-order valence-corrected chi connectivity index (χ0v) is 27.1. The zero-order chi connectivity index (χ0) is 31.8. The number of benzene rings is 2. The van der Waals surface area contributed by atoms with Gasteiger partial charge in [0.05, 0.1) is 48.0 Å². The van der Waals surface area contributed by atoms with E-state index in [1.165, 1.54) is 0 Å². The molecule has 5 rings (SSSR count). The lowest BCUT2D eigenvalue weighted by Gasteiger charge is -2.15. The first-order valence-corrected chi connectivity index (χ1v) is 16.0. The molecule has 1 saturated heterocycles. The molecule has 0 saturated carbocycles. The number of halogens is 2. The van der Waals surface area contributed by atoms with Crippen LogP contribution in [-0.2, 0) is 17.9 Å². The van der Waals surface area contributed by atoms with Gasteiger partial charge in [0.15, 0.2) is 0 Å². The maximum Gasteiger partial charge on any atom is 0.237 e. The molecule has 1 amide bonds. The molecule has 1 fully saturated rings. The highest BCUT2D eigenvalue weighted by Crippen LogP contribution is 2.42. The molecule has 11 nitrogen and oxygen atoms in total. The van der Waals surface area contributed by atoms with E-state index in [9.17, 15) is 4.79 Å². The fourth-order valence-corrected chi connectivity index (χ4v) is 5.90. The second-order valence-corrected chi connectivity index (χ2v) is 11.6. The lowest BCUT2D eigenvalue weighted by Crippen LogP contribution is -2.35. The molecule has 2 aromatic carbocycles. The number of carbonyl (C=O) groups excluding carboxylic acids is 1. The van der Waals surface area contributed by atoms with Crippen LogP contribution in [0.1, 0.15) is 24.2 Å². The van der Waals surface area contributed by atoms with Gasteiger partial charge < -0.3 is 30.0 Å². The first-order valence-electron chi connectivity index (χ1n) is 14.3. The number of methoxy groups -OCH3 is 2. The van der Waals surface area contributed by atoms with Gasteiger partial charge in [0.2, 0.25) is 17.7 Å². The van der Waals surface area contributed by atoms with E-state index in [0.29, 0.717) is 105 Å². The fourth-order valence-electron chi connectivity index (χ4n) is 5.02. The Labute approximate surface area is 275 Å². The van der Waals surface area contributed by atoms with Crippen LogP contribution in [0.2, 0.25) is 10.0 Å². The van der Waals surface area contributed by atoms with Gasteiger partial charge in [-0.05, 0) is 18.5 Å². The number of hydrogen-bond donors (Lipinski definition) is 4. The Morgan fingerprint density at radius 2 is 1.42 bits per heavy atom. The normalized spacial score (nSPS) is 14.4. The topological polar surface area (TPSA) is 143 Å². The maximum absolute atomic E-state index is 11.5. The van der Waals surface area contributed by atoms with Crippen LogP contribution in [0.4, 0.5) is 0 Å². The average molecular weight is 671 g/mol. The van der Waals surface area contributed by atoms with E-state index in [2.05, 4.69) is 30.9 Å². The molecule has 1 aliphatic rings. The molecule has 0 radical (unpaired) electrons. The predicted octanol–water partition coefficient (Wildman–Crippen LogP) is 5.26. The van der Waals surface area contributed by atoms with Crippen LogP contribution >= 0.6 is 35.2 Å². The van der Waals surface area contributed by atoms with Crippen molar-refractivity contribution in [2.24, 2.45) is 0 Å². The standard InChI is InChI=1S/C31H33Cl2N7O4S/c1-43-30-25(14-34-11-12-45-42)36-16-23(39-30)21-7-3-5-19(28(21)32)20-6-4-8-22(29(20)33)24-17-37-26(31(40-24)44-2)15-35-13-18-9-10-27(41)38-18/h3-8,16-18,34-35,42H,9-15H2,1-2H3,(H,38,41). The Kier molecular flexibility index (Phi) is 11.4. The lowest BCUT2D eigenvalue weighted by molar-refractivity contribution is -0.119. The van der Waals surface area contributed by atoms with E-state index >= 15 is 0 Å². The van der Waals surface area contributed by atoms with Crippen molar-refractivity contribution in [3.05, 3.63) is 70.2 Å². The third-order valence-corrected chi connectivity index (χ3v) is 8.48. The van der Waals surface area contributed by atoms with Gasteiger partial charge in [-0.3, -0.25) is 14.8 Å². The molecule has 14 heteroatoms. The molecule has 0 spiro atoms. The van der Waals surface area contributed by atoms with Crippen LogP contribution in [-0.4, -0.2) is 69.5 Å². The Hall–Kier alpha value is -3.52. The van der Waals surface area contributed by atoms with Crippen LogP contribution in [0, 0.1) is 0 Å². The van der Waals surface area contributed by atoms with Gasteiger partial charge in [0.1, 0.15) is 11.4 Å². The van der Waals surface area contributed by atoms with Crippen LogP contribution in [0.15, 0.2) is 48.8 Å². The minimum Gasteiger partial charge on any atom is -0.480 e. The second kappa shape index (κ2) is 15.7. The van der Waals surface area contributed by atoms with E-state index in [4.69, 9.17) is 42.2 Å². The summed E-state index contributed by atoms with van der Waals surface area (Å²) in [7, 11) is 3.09. The van der Waals surface area contributed by atoms with Crippen molar-refractivity contribution in [3.63, 3.8) is 0 Å². The number of amides is 1. The largest absolute Gasteiger partial charge is 0.480 e. The van der Waals surface area contributed by atoms with E-state index in [0.717, 1.165) is 18.5 Å². The van der Waals surface area contributed by atoms with Crippen molar-refractivity contribution in [2.75, 3.05) is 33.1 Å². The molecule has 1 unspecified atom stereocenters. The minimum atomic E-state index is 0.0810. The molecule has 3 heterocycles. The molecule has 1 atom stereocenters. The van der Waals surface area contributed by atoms with Crippen molar-refractivity contribution in [2.45, 2.75) is 32.0 Å². The van der Waals surface area contributed by atoms with Gasteiger partial charge >= 0.3 is 0 Å². The number of nitrogens with zero attached hydrogens (tertiary/aromatic N) is 4. The molecule has 0 bridgehead atoms. The van der Waals surface area contributed by atoms with E-state index in [-0.39, 0.29) is 11.9 Å². The summed E-state index contributed by atoms with van der Waals surface area (Å²) in [5, 5.41) is 10.4. The van der Waals surface area contributed by atoms with E-state index in [1.807, 2.05) is 36.4 Å². The van der Waals surface area contributed by atoms with Crippen molar-refractivity contribution >= 4 is 41.2 Å². The smallest absolute Gasteiger partial charge is 0.237 e. The number of carbonyl (C=O) groups is 1. The summed E-state index contributed by atoms with van der Waals surface area (Å²) in [6.45, 7) is 2.13. The fraction of sp³-hybridized carbons (Fsp3) is 0.323. The summed E-state index contributed by atoms with van der Waals surface area (Å²) >= 11 is 14.8. The number of ether oxygens (including phenoxy) is 2. The molecule has 4 aromatic rings. The monoisotopic (exact) mass is 669 g/mol. The summed E-state index contributed by atoms with van der Waals surface area (Å²) in [4.78, 5) is 30.0. The van der Waals surface area contributed by atoms with Crippen LogP contribution < -0.4 is 25.4 Å². The molecular formula is C31H33Cl2N7O4S. The highest BCUT2D eigenvalue weighted by Gasteiger charge is 2.21. The SMILES string of the molecule is COc1nc(-c2cccc(-c3cccc(-c4cnc(CNCC5CCC(=O)N5)c(OC)n4)c3Cl)c2Cl)cnc1CNCCSO. The van der Waals surface area contributed by atoms with E-state index < -0.39 is 0 Å². The predicted molar refractivity (Wildman–Crippen MR) is 177 cm³/mol. The van der Waals surface area contributed by atoms with Crippen molar-refractivity contribution in [1.29, 1.82) is 0 Å². The molecule has 45 heavy (non-hydrogen) atoms. The van der Waals surface area contributed by atoms with Crippen molar-refractivity contribution in [1.82, 2.24) is 35.9 Å². The summed E-state index contributed by atoms with van der Waals surface area (Å²) < 4.78 is 20.0. The Balaban J connectivity index is 1.38. The zero-order valence-electron chi connectivity index (χ0n) is 24.8. The lowest BCUT2D eigenvalue weighted by atomic mass is 9.98. The number of nitrogens with one attached hydrogen (secondary N) is 3. The summed E-state index contributed by atoms with van der Waals surface area (Å²) in [5.41, 5.74) is 5.18. The average Bonchev–Trinajstić information content (AvgIpc) is 3.48. The quantitative estimate of drug-likeness (QED) is 0.103. The third kappa shape index (κ3) is 7.83. The number of rotatable bonds is 14. The molecule has 236 valence electrons. The second-order valence-electron chi connectivity index (χ2n) is 10.2. The van der Waals surface area contributed by atoms with Crippen molar-refractivity contribution < 1.29 is 18.8 Å². The highest BCUT2D eigenvalue weighted by atomic mass is 35.5. The molecule has 1 aliphatic heterocycles. The third-order valence-electron chi connectivity index (χ3n) is 7.28. The molecule has 4 N–H and O–H groups in total. The highest BCUT2D eigenvalue weighted by molar-refractivity contribution is 7.93. The van der Waals surface area contributed by atoms with Gasteiger partial charge in [0.25, 0.3) is 0 Å². The van der Waals surface area contributed by atoms with E-state index in [1.54, 1.807) is 26.6 Å². The molecular weight excluding hydrogens is 637 g/mol. The molecule has 2 aromatic heterocycles. The van der Waals surface area contributed by atoms with Gasteiger partial charge in [-0.1, -0.05) is 59.6 Å². The Bertz CT molecular complexity index is 1660. The van der Waals surface area contributed by atoms with Gasteiger partial charge in [-0.15, -0.1) is 0 Å². The Morgan fingerprint density at radius 3 is 1.91 bits per heavy atom. The summed E-state index contributed by atoms with van der Waals surface area (Å²) in [6.07, 6.45) is 4.69. The van der Waals surface area contributed by atoms with Crippen LogP contribution in [0.5, 0.6) is 11.8 Å².